The Labute approximate surface area is 125 Å². The van der Waals surface area contributed by atoms with Crippen molar-refractivity contribution in [1.82, 2.24) is 19.5 Å². The fraction of sp³-hybridized carbons (Fsp3) is 0.250. The van der Waals surface area contributed by atoms with Crippen molar-refractivity contribution in [2.75, 3.05) is 6.61 Å². The average Bonchev–Trinajstić information content (AvgIpc) is 2.88. The van der Waals surface area contributed by atoms with Crippen molar-refractivity contribution in [2.24, 2.45) is 0 Å². The molecule has 10 heteroatoms. The average molecular weight is 326 g/mol. The summed E-state index contributed by atoms with van der Waals surface area (Å²) in [5.41, 5.74) is 2.21. The van der Waals surface area contributed by atoms with Crippen LogP contribution in [-0.2, 0) is 15.8 Å². The molecule has 0 atom stereocenters. The number of aromatic nitrogens is 4. The summed E-state index contributed by atoms with van der Waals surface area (Å²) in [6.07, 6.45) is 7.84. The van der Waals surface area contributed by atoms with Crippen molar-refractivity contribution in [3.8, 4) is 0 Å². The summed E-state index contributed by atoms with van der Waals surface area (Å²) in [6.45, 7) is 1.39. The minimum absolute atomic E-state index is 0.0299. The van der Waals surface area contributed by atoms with Crippen molar-refractivity contribution in [1.29, 1.82) is 0 Å². The molecule has 2 heterocycles. The lowest BCUT2D eigenvalue weighted by Gasteiger charge is -2.06. The third-order valence-corrected chi connectivity index (χ3v) is 3.13. The quantitative estimate of drug-likeness (QED) is 0.526. The van der Waals surface area contributed by atoms with Gasteiger partial charge in [0.2, 0.25) is 0 Å². The summed E-state index contributed by atoms with van der Waals surface area (Å²) < 4.78 is 16.5. The highest BCUT2D eigenvalue weighted by Crippen LogP contribution is 2.36. The molecule has 0 bridgehead atoms. The molecule has 9 nitrogen and oxygen atoms in total. The number of allylic oxidation sites excluding steroid dienone is 2. The first kappa shape index (κ1) is 16.5. The Balaban J connectivity index is 2.28. The Morgan fingerprint density at radius 1 is 1.41 bits per heavy atom. The monoisotopic (exact) mass is 326 g/mol. The van der Waals surface area contributed by atoms with Crippen LogP contribution in [0.5, 0.6) is 0 Å². The first-order valence-electron chi connectivity index (χ1n) is 6.21. The first-order valence-corrected chi connectivity index (χ1v) is 7.74. The third-order valence-electron chi connectivity index (χ3n) is 2.68. The van der Waals surface area contributed by atoms with Crippen LogP contribution in [0.2, 0.25) is 0 Å². The first-order chi connectivity index (χ1) is 10.4. The second kappa shape index (κ2) is 6.91. The Kier molecular flexibility index (Phi) is 5.17. The minimum Gasteiger partial charge on any atom is -0.392 e. The molecule has 0 unspecified atom stereocenters. The molecular weight excluding hydrogens is 311 g/mol. The maximum Gasteiger partial charge on any atom is 0.471 e. The zero-order valence-corrected chi connectivity index (χ0v) is 12.6. The number of nitrogens with zero attached hydrogens (tertiary/aromatic N) is 4. The molecule has 0 spiro atoms. The minimum atomic E-state index is -4.57. The van der Waals surface area contributed by atoms with Gasteiger partial charge in [-0.15, -0.1) is 0 Å². The fourth-order valence-corrected chi connectivity index (χ4v) is 1.88. The fourth-order valence-electron chi connectivity index (χ4n) is 1.61. The topological polar surface area (TPSA) is 131 Å². The van der Waals surface area contributed by atoms with E-state index in [9.17, 15) is 4.57 Å². The van der Waals surface area contributed by atoms with Gasteiger partial charge in [0.1, 0.15) is 18.6 Å². The smallest absolute Gasteiger partial charge is 0.392 e. The number of phosphoric acid groups is 1. The molecule has 0 radical (unpaired) electrons. The molecule has 0 fully saturated rings. The summed E-state index contributed by atoms with van der Waals surface area (Å²) in [4.78, 5) is 29.7. The molecule has 2 aromatic rings. The highest BCUT2D eigenvalue weighted by atomic mass is 31.2. The van der Waals surface area contributed by atoms with Crippen LogP contribution in [0.25, 0.3) is 17.2 Å². The molecule has 118 valence electrons. The molecule has 0 aromatic carbocycles. The lowest BCUT2D eigenvalue weighted by atomic mass is 10.2. The van der Waals surface area contributed by atoms with Gasteiger partial charge in [-0.1, -0.05) is 12.2 Å². The molecule has 0 saturated carbocycles. The molecule has 0 aliphatic heterocycles. The van der Waals surface area contributed by atoms with Gasteiger partial charge in [-0.2, -0.15) is 0 Å². The lowest BCUT2D eigenvalue weighted by Crippen LogP contribution is -2.01. The Hall–Kier alpha value is -1.90. The molecular formula is C12H15N4O5P. The number of hydrogen-bond acceptors (Lipinski definition) is 6. The van der Waals surface area contributed by atoms with Crippen molar-refractivity contribution in [3.63, 3.8) is 0 Å². The van der Waals surface area contributed by atoms with Gasteiger partial charge in [0.15, 0.2) is 5.65 Å². The number of fused-ring (bicyclic) bond motifs is 1. The summed E-state index contributed by atoms with van der Waals surface area (Å²) in [5.74, 6) is 0. The van der Waals surface area contributed by atoms with E-state index >= 15 is 0 Å². The van der Waals surface area contributed by atoms with E-state index in [1.807, 2.05) is 0 Å². The van der Waals surface area contributed by atoms with Gasteiger partial charge in [-0.25, -0.2) is 19.5 Å². The number of aliphatic hydroxyl groups excluding tert-OH is 1. The molecule has 2 rings (SSSR count). The van der Waals surface area contributed by atoms with E-state index < -0.39 is 7.82 Å². The summed E-state index contributed by atoms with van der Waals surface area (Å²) in [6, 6.07) is 0. The summed E-state index contributed by atoms with van der Waals surface area (Å²) >= 11 is 0. The second-order valence-corrected chi connectivity index (χ2v) is 5.66. The SMILES string of the molecule is C/C(=C\C=C\c1ncnc2c1ncn2COP(=O)(O)O)CO. The van der Waals surface area contributed by atoms with Crippen molar-refractivity contribution in [3.05, 3.63) is 36.1 Å². The van der Waals surface area contributed by atoms with Crippen LogP contribution in [0.15, 0.2) is 30.4 Å². The Morgan fingerprint density at radius 3 is 2.86 bits per heavy atom. The Morgan fingerprint density at radius 2 is 2.18 bits per heavy atom. The number of imidazole rings is 1. The predicted molar refractivity (Wildman–Crippen MR) is 78.3 cm³/mol. The van der Waals surface area contributed by atoms with Gasteiger partial charge in [-0.05, 0) is 18.6 Å². The second-order valence-electron chi connectivity index (χ2n) is 4.42. The van der Waals surface area contributed by atoms with Gasteiger partial charge in [-0.3, -0.25) is 9.09 Å². The van der Waals surface area contributed by atoms with Crippen molar-refractivity contribution < 1.29 is 24.0 Å². The molecule has 0 aliphatic rings. The Bertz CT molecular complexity index is 764. The van der Waals surface area contributed by atoms with Crippen LogP contribution in [0, 0.1) is 0 Å². The number of aliphatic hydroxyl groups is 1. The summed E-state index contributed by atoms with van der Waals surface area (Å²) in [7, 11) is -4.57. The largest absolute Gasteiger partial charge is 0.471 e. The van der Waals surface area contributed by atoms with Gasteiger partial charge in [0, 0.05) is 0 Å². The van der Waals surface area contributed by atoms with E-state index in [1.165, 1.54) is 17.2 Å². The van der Waals surface area contributed by atoms with Crippen LogP contribution in [-0.4, -0.2) is 41.0 Å². The highest BCUT2D eigenvalue weighted by molar-refractivity contribution is 7.46. The summed E-state index contributed by atoms with van der Waals surface area (Å²) in [5, 5.41) is 8.91. The van der Waals surface area contributed by atoms with Gasteiger partial charge >= 0.3 is 7.82 Å². The van der Waals surface area contributed by atoms with E-state index in [4.69, 9.17) is 14.9 Å². The maximum absolute atomic E-state index is 10.7. The van der Waals surface area contributed by atoms with Crippen LogP contribution in [0.4, 0.5) is 0 Å². The predicted octanol–water partition coefficient (Wildman–Crippen LogP) is 0.845. The van der Waals surface area contributed by atoms with Crippen molar-refractivity contribution >= 4 is 25.1 Å². The lowest BCUT2D eigenvalue weighted by molar-refractivity contribution is 0.155. The van der Waals surface area contributed by atoms with Gasteiger partial charge in [0.25, 0.3) is 0 Å². The van der Waals surface area contributed by atoms with E-state index in [1.54, 1.807) is 25.2 Å². The molecule has 3 N–H and O–H groups in total. The van der Waals surface area contributed by atoms with Crippen molar-refractivity contribution in [2.45, 2.75) is 13.7 Å². The third kappa shape index (κ3) is 4.30. The standard InChI is InChI=1S/C12H15N4O5P/c1-9(5-17)3-2-4-10-11-12(14-6-13-10)16(7-15-11)8-21-22(18,19)20/h2-4,6-7,17H,5,8H2,1H3,(H2,18,19,20)/b4-2+,9-3+. The van der Waals surface area contributed by atoms with E-state index in [0.717, 1.165) is 5.57 Å². The zero-order valence-electron chi connectivity index (χ0n) is 11.7. The van der Waals surface area contributed by atoms with Crippen LogP contribution in [0.3, 0.4) is 0 Å². The number of phosphoric ester groups is 1. The number of hydrogen-bond donors (Lipinski definition) is 3. The highest BCUT2D eigenvalue weighted by Gasteiger charge is 2.15. The molecule has 22 heavy (non-hydrogen) atoms. The van der Waals surface area contributed by atoms with Gasteiger partial charge < -0.3 is 14.9 Å². The van der Waals surface area contributed by atoms with Crippen LogP contribution >= 0.6 is 7.82 Å². The molecule has 0 saturated heterocycles. The van der Waals surface area contributed by atoms with Crippen LogP contribution < -0.4 is 0 Å². The van der Waals surface area contributed by atoms with E-state index in [-0.39, 0.29) is 13.3 Å². The van der Waals surface area contributed by atoms with Crippen LogP contribution in [0.1, 0.15) is 12.6 Å². The van der Waals surface area contributed by atoms with E-state index in [2.05, 4.69) is 19.5 Å². The molecule has 2 aromatic heterocycles. The van der Waals surface area contributed by atoms with Gasteiger partial charge in [0.05, 0.1) is 18.6 Å². The normalized spacial score (nSPS) is 13.4. The maximum atomic E-state index is 10.7. The number of rotatable bonds is 6. The zero-order chi connectivity index (χ0) is 16.2. The van der Waals surface area contributed by atoms with E-state index in [0.29, 0.717) is 16.9 Å². The molecule has 0 aliphatic carbocycles. The molecule has 0 amide bonds.